The molecule has 0 unspecified atom stereocenters. The second-order valence-corrected chi connectivity index (χ2v) is 5.37. The van der Waals surface area contributed by atoms with Crippen LogP contribution in [0.5, 0.6) is 11.5 Å². The van der Waals surface area contributed by atoms with Gasteiger partial charge in [-0.25, -0.2) is 4.98 Å². The van der Waals surface area contributed by atoms with Gasteiger partial charge in [0, 0.05) is 17.0 Å². The van der Waals surface area contributed by atoms with Gasteiger partial charge in [0.25, 0.3) is 0 Å². The number of hydrogen-bond acceptors (Lipinski definition) is 4. The van der Waals surface area contributed by atoms with Crippen molar-refractivity contribution in [2.24, 2.45) is 0 Å². The fraction of sp³-hybridized carbons (Fsp3) is 0.235. The van der Waals surface area contributed by atoms with Crippen LogP contribution in [0.2, 0.25) is 0 Å². The molecular formula is C17H16ClNO3. The first-order valence-corrected chi connectivity index (χ1v) is 6.90. The van der Waals surface area contributed by atoms with Crippen LogP contribution in [0, 0.1) is 20.8 Å². The quantitative estimate of drug-likeness (QED) is 0.659. The minimum atomic E-state index is 0. The standard InChI is InChI=1S/C17H15NO3.ClH/c1-9-4-14(13-5-10(2)21-11(13)3)18-15-7-17-16(6-12(9)15)19-8-20-17;/h4-7H,8H2,1-3H3;1H. The summed E-state index contributed by atoms with van der Waals surface area (Å²) in [5.41, 5.74) is 4.03. The molecule has 1 aromatic carbocycles. The average molecular weight is 318 g/mol. The van der Waals surface area contributed by atoms with Crippen LogP contribution in [0.25, 0.3) is 22.2 Å². The molecule has 0 atom stereocenters. The van der Waals surface area contributed by atoms with Crippen molar-refractivity contribution in [3.05, 3.63) is 41.3 Å². The molecule has 0 saturated carbocycles. The lowest BCUT2D eigenvalue weighted by atomic mass is 10.0. The Hall–Kier alpha value is -2.20. The minimum Gasteiger partial charge on any atom is -0.466 e. The van der Waals surface area contributed by atoms with E-state index in [4.69, 9.17) is 18.9 Å². The SMILES string of the molecule is Cc1cc(-c2cc(C)c3cc4c(cc3n2)OCO4)c(C)o1.Cl. The first-order chi connectivity index (χ1) is 10.1. The molecule has 0 fully saturated rings. The molecule has 4 rings (SSSR count). The number of halogens is 1. The second kappa shape index (κ2) is 5.21. The highest BCUT2D eigenvalue weighted by Crippen LogP contribution is 2.38. The Bertz CT molecular complexity index is 870. The Morgan fingerprint density at radius 2 is 1.68 bits per heavy atom. The molecule has 3 aromatic rings. The van der Waals surface area contributed by atoms with Crippen LogP contribution < -0.4 is 9.47 Å². The molecule has 0 aliphatic carbocycles. The van der Waals surface area contributed by atoms with E-state index in [2.05, 4.69) is 13.0 Å². The number of pyridine rings is 1. The number of nitrogens with zero attached hydrogens (tertiary/aromatic N) is 1. The summed E-state index contributed by atoms with van der Waals surface area (Å²) in [6.07, 6.45) is 0. The van der Waals surface area contributed by atoms with E-state index in [-0.39, 0.29) is 19.2 Å². The van der Waals surface area contributed by atoms with Gasteiger partial charge in [0.15, 0.2) is 11.5 Å². The summed E-state index contributed by atoms with van der Waals surface area (Å²) in [6, 6.07) is 8.05. The monoisotopic (exact) mass is 317 g/mol. The summed E-state index contributed by atoms with van der Waals surface area (Å²) in [5.74, 6) is 3.33. The molecule has 0 N–H and O–H groups in total. The Morgan fingerprint density at radius 1 is 0.955 bits per heavy atom. The van der Waals surface area contributed by atoms with Crippen LogP contribution in [0.15, 0.2) is 28.7 Å². The highest BCUT2D eigenvalue weighted by Gasteiger charge is 2.17. The molecule has 0 spiro atoms. The van der Waals surface area contributed by atoms with Crippen molar-refractivity contribution in [1.29, 1.82) is 0 Å². The van der Waals surface area contributed by atoms with Crippen molar-refractivity contribution in [3.63, 3.8) is 0 Å². The maximum Gasteiger partial charge on any atom is 0.231 e. The van der Waals surface area contributed by atoms with Crippen LogP contribution in [0.3, 0.4) is 0 Å². The van der Waals surface area contributed by atoms with Crippen LogP contribution >= 0.6 is 12.4 Å². The summed E-state index contributed by atoms with van der Waals surface area (Å²) in [7, 11) is 0. The third kappa shape index (κ3) is 2.20. The van der Waals surface area contributed by atoms with E-state index in [1.165, 1.54) is 0 Å². The summed E-state index contributed by atoms with van der Waals surface area (Å²) in [4.78, 5) is 4.76. The Balaban J connectivity index is 0.00000144. The molecule has 3 heterocycles. The van der Waals surface area contributed by atoms with Crippen LogP contribution in [-0.4, -0.2) is 11.8 Å². The van der Waals surface area contributed by atoms with Gasteiger partial charge >= 0.3 is 0 Å². The summed E-state index contributed by atoms with van der Waals surface area (Å²) in [5, 5.41) is 1.08. The fourth-order valence-electron chi connectivity index (χ4n) is 2.81. The van der Waals surface area contributed by atoms with Gasteiger partial charge in [0.2, 0.25) is 6.79 Å². The van der Waals surface area contributed by atoms with Crippen molar-refractivity contribution in [2.45, 2.75) is 20.8 Å². The normalized spacial score (nSPS) is 12.5. The zero-order valence-electron chi connectivity index (χ0n) is 12.6. The van der Waals surface area contributed by atoms with E-state index in [0.29, 0.717) is 0 Å². The molecule has 2 aromatic heterocycles. The van der Waals surface area contributed by atoms with E-state index in [1.807, 2.05) is 32.0 Å². The number of aromatic nitrogens is 1. The number of benzene rings is 1. The zero-order valence-corrected chi connectivity index (χ0v) is 13.4. The highest BCUT2D eigenvalue weighted by atomic mass is 35.5. The van der Waals surface area contributed by atoms with Gasteiger partial charge in [-0.3, -0.25) is 0 Å². The largest absolute Gasteiger partial charge is 0.466 e. The maximum absolute atomic E-state index is 5.61. The van der Waals surface area contributed by atoms with Crippen molar-refractivity contribution in [3.8, 4) is 22.8 Å². The van der Waals surface area contributed by atoms with E-state index >= 15 is 0 Å². The van der Waals surface area contributed by atoms with E-state index in [1.54, 1.807) is 0 Å². The van der Waals surface area contributed by atoms with Crippen LogP contribution in [-0.2, 0) is 0 Å². The van der Waals surface area contributed by atoms with Gasteiger partial charge in [-0.1, -0.05) is 0 Å². The van der Waals surface area contributed by atoms with Gasteiger partial charge in [-0.2, -0.15) is 0 Å². The van der Waals surface area contributed by atoms with Crippen molar-refractivity contribution >= 4 is 23.3 Å². The molecule has 1 aliphatic heterocycles. The summed E-state index contributed by atoms with van der Waals surface area (Å²) in [6.45, 7) is 6.27. The Kier molecular flexibility index (Phi) is 3.49. The van der Waals surface area contributed by atoms with Gasteiger partial charge in [-0.15, -0.1) is 12.4 Å². The third-order valence-corrected chi connectivity index (χ3v) is 3.83. The van der Waals surface area contributed by atoms with Crippen LogP contribution in [0.1, 0.15) is 17.1 Å². The maximum atomic E-state index is 5.61. The minimum absolute atomic E-state index is 0. The number of furan rings is 1. The van der Waals surface area contributed by atoms with Gasteiger partial charge in [0.1, 0.15) is 11.5 Å². The fourth-order valence-corrected chi connectivity index (χ4v) is 2.81. The smallest absolute Gasteiger partial charge is 0.231 e. The molecule has 0 amide bonds. The van der Waals surface area contributed by atoms with Crippen molar-refractivity contribution in [2.75, 3.05) is 6.79 Å². The van der Waals surface area contributed by atoms with Gasteiger partial charge < -0.3 is 13.9 Å². The topological polar surface area (TPSA) is 44.5 Å². The Morgan fingerprint density at radius 3 is 2.36 bits per heavy atom. The van der Waals surface area contributed by atoms with E-state index in [0.717, 1.165) is 50.7 Å². The molecule has 0 bridgehead atoms. The molecule has 5 heteroatoms. The Labute approximate surface area is 134 Å². The lowest BCUT2D eigenvalue weighted by Crippen LogP contribution is -1.92. The number of ether oxygens (including phenoxy) is 2. The first-order valence-electron chi connectivity index (χ1n) is 6.90. The summed E-state index contributed by atoms with van der Waals surface area (Å²) >= 11 is 0. The van der Waals surface area contributed by atoms with Gasteiger partial charge in [-0.05, 0) is 44.5 Å². The zero-order chi connectivity index (χ0) is 14.6. The molecule has 1 aliphatic rings. The lowest BCUT2D eigenvalue weighted by molar-refractivity contribution is 0.174. The molecule has 0 radical (unpaired) electrons. The molecule has 22 heavy (non-hydrogen) atoms. The third-order valence-electron chi connectivity index (χ3n) is 3.83. The average Bonchev–Trinajstić information content (AvgIpc) is 3.02. The van der Waals surface area contributed by atoms with Crippen LogP contribution in [0.4, 0.5) is 0 Å². The highest BCUT2D eigenvalue weighted by molar-refractivity contribution is 5.88. The number of hydrogen-bond donors (Lipinski definition) is 0. The number of rotatable bonds is 1. The predicted molar refractivity (Wildman–Crippen MR) is 87.0 cm³/mol. The summed E-state index contributed by atoms with van der Waals surface area (Å²) < 4.78 is 16.5. The van der Waals surface area contributed by atoms with E-state index < -0.39 is 0 Å². The predicted octanol–water partition coefficient (Wildman–Crippen LogP) is 4.57. The van der Waals surface area contributed by atoms with E-state index in [9.17, 15) is 0 Å². The first kappa shape index (κ1) is 14.7. The second-order valence-electron chi connectivity index (χ2n) is 5.37. The molecule has 4 nitrogen and oxygen atoms in total. The molecular weight excluding hydrogens is 302 g/mol. The molecule has 114 valence electrons. The molecule has 0 saturated heterocycles. The van der Waals surface area contributed by atoms with Crippen molar-refractivity contribution < 1.29 is 13.9 Å². The number of fused-ring (bicyclic) bond motifs is 2. The lowest BCUT2D eigenvalue weighted by Gasteiger charge is -2.07. The van der Waals surface area contributed by atoms with Crippen molar-refractivity contribution in [1.82, 2.24) is 4.98 Å². The van der Waals surface area contributed by atoms with Gasteiger partial charge in [0.05, 0.1) is 11.2 Å². The number of aryl methyl sites for hydroxylation is 3.